The number of aliphatic hydroxyl groups excluding tert-OH is 1. The van der Waals surface area contributed by atoms with Crippen molar-refractivity contribution in [1.29, 1.82) is 0 Å². The first-order valence-electron chi connectivity index (χ1n) is 10.2. The Labute approximate surface area is 191 Å². The molecule has 0 aliphatic rings. The minimum Gasteiger partial charge on any atom is -0.392 e. The number of likely N-dealkylation sites (N-methyl/N-ethyl adjacent to an activating group) is 1. The monoisotopic (exact) mass is 461 g/mol. The lowest BCUT2D eigenvalue weighted by atomic mass is 10.1. The van der Waals surface area contributed by atoms with Crippen LogP contribution >= 0.6 is 22.9 Å². The number of carbonyl (C=O) groups is 1. The zero-order valence-corrected chi connectivity index (χ0v) is 19.8. The molecule has 8 heteroatoms. The van der Waals surface area contributed by atoms with Crippen molar-refractivity contribution in [2.75, 3.05) is 13.6 Å². The third-order valence-corrected chi connectivity index (χ3v) is 6.66. The minimum absolute atomic E-state index is 0.122. The number of nitrogens with zero attached hydrogens (tertiary/aromatic N) is 2. The van der Waals surface area contributed by atoms with Gasteiger partial charge in [0.1, 0.15) is 10.4 Å². The molecule has 1 aromatic carbocycles. The second-order valence-corrected chi connectivity index (χ2v) is 9.78. The average Bonchev–Trinajstić information content (AvgIpc) is 3.14. The van der Waals surface area contributed by atoms with E-state index in [4.69, 9.17) is 11.6 Å². The average molecular weight is 462 g/mol. The van der Waals surface area contributed by atoms with E-state index < -0.39 is 12.0 Å². The van der Waals surface area contributed by atoms with Crippen molar-refractivity contribution in [3.63, 3.8) is 0 Å². The first-order valence-corrected chi connectivity index (χ1v) is 11.4. The summed E-state index contributed by atoms with van der Waals surface area (Å²) in [6, 6.07) is 9.05. The van der Waals surface area contributed by atoms with E-state index >= 15 is 0 Å². The van der Waals surface area contributed by atoms with E-state index in [1.165, 1.54) is 11.3 Å². The maximum atomic E-state index is 13.0. The summed E-state index contributed by atoms with van der Waals surface area (Å²) >= 11 is 7.42. The number of aryl methyl sites for hydroxylation is 1. The molecule has 0 fully saturated rings. The summed E-state index contributed by atoms with van der Waals surface area (Å²) in [5.41, 5.74) is 0.756. The van der Waals surface area contributed by atoms with Gasteiger partial charge in [0.05, 0.1) is 11.5 Å². The Morgan fingerprint density at radius 3 is 2.61 bits per heavy atom. The number of nitrogens with one attached hydrogen (secondary N) is 1. The summed E-state index contributed by atoms with van der Waals surface area (Å²) in [5.74, 6) is -0.216. The first kappa shape index (κ1) is 23.5. The van der Waals surface area contributed by atoms with Crippen LogP contribution in [0.15, 0.2) is 41.3 Å². The van der Waals surface area contributed by atoms with Crippen LogP contribution in [0.25, 0.3) is 10.2 Å². The molecule has 1 atom stereocenters. The summed E-state index contributed by atoms with van der Waals surface area (Å²) in [6.07, 6.45) is 1.19. The highest BCUT2D eigenvalue weighted by atomic mass is 35.5. The molecule has 0 radical (unpaired) electrons. The molecule has 3 rings (SSSR count). The molecule has 166 valence electrons. The van der Waals surface area contributed by atoms with Crippen molar-refractivity contribution in [2.45, 2.75) is 33.0 Å². The summed E-state index contributed by atoms with van der Waals surface area (Å²) in [4.78, 5) is 29.6. The maximum Gasteiger partial charge on any atom is 0.257 e. The van der Waals surface area contributed by atoms with E-state index in [0.29, 0.717) is 30.0 Å². The van der Waals surface area contributed by atoms with Gasteiger partial charge in [-0.15, -0.1) is 11.3 Å². The van der Waals surface area contributed by atoms with Crippen LogP contribution in [0.5, 0.6) is 0 Å². The number of thiophene rings is 1. The fourth-order valence-electron chi connectivity index (χ4n) is 3.29. The molecule has 0 spiro atoms. The van der Waals surface area contributed by atoms with Crippen molar-refractivity contribution >= 4 is 39.1 Å². The molecule has 0 bridgehead atoms. The summed E-state index contributed by atoms with van der Waals surface area (Å²) in [7, 11) is 3.79. The number of hydrogen-bond acceptors (Lipinski definition) is 5. The topological polar surface area (TPSA) is 74.6 Å². The molecule has 2 aromatic heterocycles. The molecular weight excluding hydrogens is 434 g/mol. The highest BCUT2D eigenvalue weighted by Crippen LogP contribution is 2.24. The Bertz CT molecular complexity index is 1120. The Hall–Kier alpha value is -2.19. The highest BCUT2D eigenvalue weighted by Gasteiger charge is 2.18. The summed E-state index contributed by atoms with van der Waals surface area (Å²) in [6.45, 7) is 5.47. The quantitative estimate of drug-likeness (QED) is 0.537. The van der Waals surface area contributed by atoms with Crippen LogP contribution in [0.2, 0.25) is 5.02 Å². The highest BCUT2D eigenvalue weighted by molar-refractivity contribution is 7.18. The predicted molar refractivity (Wildman–Crippen MR) is 127 cm³/mol. The van der Waals surface area contributed by atoms with Crippen LogP contribution < -0.4 is 10.7 Å². The number of fused-ring (bicyclic) bond motifs is 1. The van der Waals surface area contributed by atoms with Gasteiger partial charge in [-0.3, -0.25) is 14.5 Å². The van der Waals surface area contributed by atoms with Gasteiger partial charge in [0.2, 0.25) is 5.43 Å². The van der Waals surface area contributed by atoms with E-state index in [0.717, 1.165) is 15.3 Å². The molecule has 1 amide bonds. The van der Waals surface area contributed by atoms with Crippen molar-refractivity contribution in [3.05, 3.63) is 67.8 Å². The van der Waals surface area contributed by atoms with E-state index in [2.05, 4.69) is 5.32 Å². The Morgan fingerprint density at radius 2 is 1.97 bits per heavy atom. The molecule has 6 nitrogen and oxygen atoms in total. The molecule has 2 N–H and O–H groups in total. The van der Waals surface area contributed by atoms with Gasteiger partial charge in [-0.1, -0.05) is 37.6 Å². The number of aromatic nitrogens is 1. The third kappa shape index (κ3) is 5.74. The largest absolute Gasteiger partial charge is 0.392 e. The van der Waals surface area contributed by atoms with Gasteiger partial charge in [0, 0.05) is 42.8 Å². The van der Waals surface area contributed by atoms with Gasteiger partial charge in [-0.05, 0) is 36.7 Å². The lowest BCUT2D eigenvalue weighted by molar-refractivity contribution is 0.0841. The number of rotatable bonds is 8. The molecule has 0 aliphatic carbocycles. The molecule has 0 aliphatic heterocycles. The van der Waals surface area contributed by atoms with Crippen LogP contribution in [0.1, 0.15) is 34.6 Å². The van der Waals surface area contributed by atoms with E-state index in [-0.39, 0.29) is 16.9 Å². The number of hydrogen-bond donors (Lipinski definition) is 2. The van der Waals surface area contributed by atoms with Crippen LogP contribution in [-0.4, -0.2) is 40.2 Å². The second-order valence-electron chi connectivity index (χ2n) is 8.23. The Kier molecular flexibility index (Phi) is 7.54. The smallest absolute Gasteiger partial charge is 0.257 e. The van der Waals surface area contributed by atoms with E-state index in [1.54, 1.807) is 18.3 Å². The third-order valence-electron chi connectivity index (χ3n) is 5.20. The Morgan fingerprint density at radius 1 is 1.29 bits per heavy atom. The lowest BCUT2D eigenvalue weighted by Gasteiger charge is -2.22. The fourth-order valence-corrected chi connectivity index (χ4v) is 4.59. The van der Waals surface area contributed by atoms with Gasteiger partial charge in [0.15, 0.2) is 0 Å². The minimum atomic E-state index is -0.401. The fraction of sp³-hybridized carbons (Fsp3) is 0.391. The predicted octanol–water partition coefficient (Wildman–Crippen LogP) is 3.63. The van der Waals surface area contributed by atoms with Gasteiger partial charge in [-0.2, -0.15) is 0 Å². The van der Waals surface area contributed by atoms with E-state index in [1.807, 2.05) is 55.6 Å². The van der Waals surface area contributed by atoms with Gasteiger partial charge >= 0.3 is 0 Å². The number of aliphatic hydroxyl groups is 1. The molecule has 0 saturated heterocycles. The molecule has 0 saturated carbocycles. The van der Waals surface area contributed by atoms with Gasteiger partial charge in [-0.25, -0.2) is 0 Å². The van der Waals surface area contributed by atoms with Crippen LogP contribution in [0, 0.1) is 5.92 Å². The molecule has 31 heavy (non-hydrogen) atoms. The molecule has 2 heterocycles. The van der Waals surface area contributed by atoms with Crippen molar-refractivity contribution in [3.8, 4) is 0 Å². The van der Waals surface area contributed by atoms with Crippen LogP contribution in [0.3, 0.4) is 0 Å². The number of amides is 1. The molecule has 1 unspecified atom stereocenters. The lowest BCUT2D eigenvalue weighted by Crippen LogP contribution is -2.31. The zero-order valence-electron chi connectivity index (χ0n) is 18.2. The molecular formula is C23H28ClN3O3S. The zero-order chi connectivity index (χ0) is 22.7. The van der Waals surface area contributed by atoms with Gasteiger partial charge < -0.3 is 15.0 Å². The normalized spacial score (nSPS) is 12.6. The maximum absolute atomic E-state index is 13.0. The number of halogens is 1. The van der Waals surface area contributed by atoms with Crippen molar-refractivity contribution in [1.82, 2.24) is 14.8 Å². The molecule has 3 aromatic rings. The van der Waals surface area contributed by atoms with Crippen molar-refractivity contribution < 1.29 is 9.90 Å². The standard InChI is InChI=1S/C23H28ClN3O3S/c1-14(2)20(28)13-26(3)11-17-9-18-21(29)19(12-27(4)23(18)31-17)22(30)25-10-15-5-7-16(24)8-6-15/h5-9,12,14,20,28H,10-11,13H2,1-4H3,(H,25,30). The van der Waals surface area contributed by atoms with Crippen molar-refractivity contribution in [2.24, 2.45) is 13.0 Å². The van der Waals surface area contributed by atoms with E-state index in [9.17, 15) is 14.7 Å². The van der Waals surface area contributed by atoms with Gasteiger partial charge in [0.25, 0.3) is 5.91 Å². The van der Waals surface area contributed by atoms with Crippen LogP contribution in [0.4, 0.5) is 0 Å². The number of carbonyl (C=O) groups excluding carboxylic acids is 1. The SMILES string of the molecule is CC(C)C(O)CN(C)Cc1cc2c(=O)c(C(=O)NCc3ccc(Cl)cc3)cn(C)c2s1. The second kappa shape index (κ2) is 9.96. The van der Waals surface area contributed by atoms with Crippen LogP contribution in [-0.2, 0) is 20.1 Å². The first-order chi connectivity index (χ1) is 14.7. The number of pyridine rings is 1. The number of benzene rings is 1. The summed E-state index contributed by atoms with van der Waals surface area (Å²) in [5, 5.41) is 14.1. The Balaban J connectivity index is 1.78. The summed E-state index contributed by atoms with van der Waals surface area (Å²) < 4.78 is 1.82.